The number of anilines is 1. The molecule has 18 heavy (non-hydrogen) atoms. The summed E-state index contributed by atoms with van der Waals surface area (Å²) in [7, 11) is 1.63. The van der Waals surface area contributed by atoms with Gasteiger partial charge >= 0.3 is 0 Å². The Morgan fingerprint density at radius 3 is 2.67 bits per heavy atom. The molecule has 0 atom stereocenters. The molecule has 0 bridgehead atoms. The molecule has 0 aliphatic heterocycles. The van der Waals surface area contributed by atoms with Gasteiger partial charge in [-0.05, 0) is 18.6 Å². The number of rotatable bonds is 8. The average Bonchev–Trinajstić information content (AvgIpc) is 2.34. The molecule has 5 heteroatoms. The average molecular weight is 257 g/mol. The van der Waals surface area contributed by atoms with E-state index in [1.54, 1.807) is 20.1 Å². The lowest BCUT2D eigenvalue weighted by Crippen LogP contribution is -2.07. The van der Waals surface area contributed by atoms with Crippen molar-refractivity contribution in [3.05, 3.63) is 23.5 Å². The van der Waals surface area contributed by atoms with Gasteiger partial charge in [0.15, 0.2) is 0 Å². The Balaban J connectivity index is 2.25. The highest BCUT2D eigenvalue weighted by Gasteiger charge is 2.05. The molecule has 0 saturated carbocycles. The van der Waals surface area contributed by atoms with Crippen LogP contribution in [0.15, 0.2) is 12.1 Å². The van der Waals surface area contributed by atoms with Gasteiger partial charge in [-0.15, -0.1) is 0 Å². The number of ether oxygens (including phenoxy) is 3. The normalized spacial score (nSPS) is 10.6. The van der Waals surface area contributed by atoms with Crippen LogP contribution in [0, 0.1) is 12.7 Å². The number of hydrogen-bond acceptors (Lipinski definition) is 4. The van der Waals surface area contributed by atoms with Crippen LogP contribution in [-0.2, 0) is 9.47 Å². The van der Waals surface area contributed by atoms with E-state index in [9.17, 15) is 4.39 Å². The molecule has 1 rings (SSSR count). The Morgan fingerprint density at radius 1 is 1.17 bits per heavy atom. The summed E-state index contributed by atoms with van der Waals surface area (Å²) in [4.78, 5) is 0. The molecule has 0 fully saturated rings. The predicted octanol–water partition coefficient (Wildman–Crippen LogP) is 2.15. The van der Waals surface area contributed by atoms with E-state index in [4.69, 9.17) is 19.9 Å². The molecular formula is C13H20FNO3. The van der Waals surface area contributed by atoms with Crippen molar-refractivity contribution in [2.75, 3.05) is 39.3 Å². The Morgan fingerprint density at radius 2 is 1.94 bits per heavy atom. The zero-order valence-electron chi connectivity index (χ0n) is 10.9. The summed E-state index contributed by atoms with van der Waals surface area (Å²) in [6.07, 6.45) is 0.750. The lowest BCUT2D eigenvalue weighted by molar-refractivity contribution is 0.0645. The fourth-order valence-electron chi connectivity index (χ4n) is 1.38. The number of aryl methyl sites for hydroxylation is 1. The van der Waals surface area contributed by atoms with Gasteiger partial charge in [0.05, 0.1) is 25.5 Å². The summed E-state index contributed by atoms with van der Waals surface area (Å²) >= 11 is 0. The number of benzene rings is 1. The van der Waals surface area contributed by atoms with Crippen molar-refractivity contribution in [1.29, 1.82) is 0 Å². The topological polar surface area (TPSA) is 53.7 Å². The first kappa shape index (κ1) is 14.7. The van der Waals surface area contributed by atoms with Crippen LogP contribution in [0.1, 0.15) is 12.0 Å². The minimum atomic E-state index is -0.317. The molecule has 2 N–H and O–H groups in total. The molecule has 0 radical (unpaired) electrons. The molecule has 0 heterocycles. The molecule has 0 amide bonds. The third-order valence-corrected chi connectivity index (χ3v) is 2.41. The largest absolute Gasteiger partial charge is 0.491 e. The number of halogens is 1. The van der Waals surface area contributed by atoms with Crippen molar-refractivity contribution in [3.63, 3.8) is 0 Å². The summed E-state index contributed by atoms with van der Waals surface area (Å²) in [6, 6.07) is 2.89. The molecule has 0 aliphatic carbocycles. The molecular weight excluding hydrogens is 237 g/mol. The molecule has 4 nitrogen and oxygen atoms in total. The van der Waals surface area contributed by atoms with Crippen molar-refractivity contribution in [2.24, 2.45) is 0 Å². The second-order valence-corrected chi connectivity index (χ2v) is 3.95. The van der Waals surface area contributed by atoms with Gasteiger partial charge in [-0.1, -0.05) is 0 Å². The van der Waals surface area contributed by atoms with Crippen LogP contribution in [0.2, 0.25) is 0 Å². The van der Waals surface area contributed by atoms with Crippen LogP contribution < -0.4 is 10.5 Å². The van der Waals surface area contributed by atoms with Gasteiger partial charge in [-0.25, -0.2) is 4.39 Å². The van der Waals surface area contributed by atoms with E-state index >= 15 is 0 Å². The molecule has 0 spiro atoms. The van der Waals surface area contributed by atoms with Crippen LogP contribution in [0.4, 0.5) is 10.1 Å². The van der Waals surface area contributed by atoms with Gasteiger partial charge in [-0.2, -0.15) is 0 Å². The minimum absolute atomic E-state index is 0.317. The van der Waals surface area contributed by atoms with Crippen molar-refractivity contribution >= 4 is 5.69 Å². The van der Waals surface area contributed by atoms with Gasteiger partial charge in [0.1, 0.15) is 11.6 Å². The second-order valence-electron chi connectivity index (χ2n) is 3.95. The van der Waals surface area contributed by atoms with Gasteiger partial charge < -0.3 is 19.9 Å². The molecule has 0 saturated heterocycles. The van der Waals surface area contributed by atoms with Gasteiger partial charge in [0.25, 0.3) is 0 Å². The highest BCUT2D eigenvalue weighted by molar-refractivity contribution is 5.54. The molecule has 102 valence electrons. The van der Waals surface area contributed by atoms with E-state index in [2.05, 4.69) is 0 Å². The Hall–Kier alpha value is -1.33. The first-order valence-electron chi connectivity index (χ1n) is 5.90. The maximum atomic E-state index is 13.2. The number of nitrogens with two attached hydrogens (primary N) is 1. The third kappa shape index (κ3) is 4.89. The van der Waals surface area contributed by atoms with Crippen molar-refractivity contribution in [3.8, 4) is 5.75 Å². The maximum absolute atomic E-state index is 13.2. The summed E-state index contributed by atoms with van der Waals surface area (Å²) in [6.45, 7) is 3.93. The Labute approximate surface area is 107 Å². The fraction of sp³-hybridized carbons (Fsp3) is 0.538. The predicted molar refractivity (Wildman–Crippen MR) is 68.4 cm³/mol. The maximum Gasteiger partial charge on any atom is 0.142 e. The van der Waals surface area contributed by atoms with E-state index in [1.165, 1.54) is 6.07 Å². The van der Waals surface area contributed by atoms with Crippen molar-refractivity contribution in [1.82, 2.24) is 0 Å². The second kappa shape index (κ2) is 7.89. The van der Waals surface area contributed by atoms with Crippen molar-refractivity contribution in [2.45, 2.75) is 13.3 Å². The number of methoxy groups -OCH3 is 1. The smallest absolute Gasteiger partial charge is 0.142 e. The van der Waals surface area contributed by atoms with E-state index in [-0.39, 0.29) is 5.82 Å². The quantitative estimate of drug-likeness (QED) is 0.572. The molecule has 0 aliphatic rings. The summed E-state index contributed by atoms with van der Waals surface area (Å²) in [5.74, 6) is 0.202. The van der Waals surface area contributed by atoms with E-state index in [1.807, 2.05) is 0 Å². The number of hydrogen-bond donors (Lipinski definition) is 1. The highest BCUT2D eigenvalue weighted by Crippen LogP contribution is 2.24. The van der Waals surface area contributed by atoms with Crippen molar-refractivity contribution < 1.29 is 18.6 Å². The summed E-state index contributed by atoms with van der Waals surface area (Å²) in [5.41, 5.74) is 6.50. The van der Waals surface area contributed by atoms with Gasteiger partial charge in [0, 0.05) is 26.2 Å². The fourth-order valence-corrected chi connectivity index (χ4v) is 1.38. The summed E-state index contributed by atoms with van der Waals surface area (Å²) in [5, 5.41) is 0. The van der Waals surface area contributed by atoms with Crippen LogP contribution in [0.25, 0.3) is 0 Å². The van der Waals surface area contributed by atoms with Gasteiger partial charge in [0.2, 0.25) is 0 Å². The van der Waals surface area contributed by atoms with Crippen LogP contribution >= 0.6 is 0 Å². The van der Waals surface area contributed by atoms with Crippen LogP contribution in [0.3, 0.4) is 0 Å². The highest BCUT2D eigenvalue weighted by atomic mass is 19.1. The lowest BCUT2D eigenvalue weighted by Gasteiger charge is -2.10. The lowest BCUT2D eigenvalue weighted by atomic mass is 10.2. The van der Waals surface area contributed by atoms with Crippen LogP contribution in [0.5, 0.6) is 5.75 Å². The summed E-state index contributed by atoms with van der Waals surface area (Å²) < 4.78 is 28.8. The zero-order chi connectivity index (χ0) is 13.4. The Kier molecular flexibility index (Phi) is 6.46. The SMILES string of the molecule is COCCOCCCOc1cc(C)c(F)cc1N. The molecule has 1 aromatic carbocycles. The van der Waals surface area contributed by atoms with E-state index in [0.29, 0.717) is 43.4 Å². The van der Waals surface area contributed by atoms with Crippen LogP contribution in [-0.4, -0.2) is 33.5 Å². The monoisotopic (exact) mass is 257 g/mol. The number of nitrogen functional groups attached to an aromatic ring is 1. The molecule has 1 aromatic rings. The minimum Gasteiger partial charge on any atom is -0.491 e. The standard InChI is InChI=1S/C13H20FNO3/c1-10-8-13(12(15)9-11(10)14)18-5-3-4-17-7-6-16-2/h8-9H,3-7,15H2,1-2H3. The molecule has 0 unspecified atom stereocenters. The van der Waals surface area contributed by atoms with E-state index < -0.39 is 0 Å². The first-order chi connectivity index (χ1) is 8.65. The first-order valence-corrected chi connectivity index (χ1v) is 5.90. The van der Waals surface area contributed by atoms with Gasteiger partial charge in [-0.3, -0.25) is 0 Å². The molecule has 0 aromatic heterocycles. The van der Waals surface area contributed by atoms with E-state index in [0.717, 1.165) is 6.42 Å². The Bertz CT molecular complexity index is 371. The third-order valence-electron chi connectivity index (χ3n) is 2.41. The zero-order valence-corrected chi connectivity index (χ0v) is 10.9.